The molecule has 0 atom stereocenters. The Kier molecular flexibility index (Phi) is 4.02. The van der Waals surface area contributed by atoms with Crippen LogP contribution < -0.4 is 5.56 Å². The number of nitrogens with zero attached hydrogens (tertiary/aromatic N) is 6. The van der Waals surface area contributed by atoms with Gasteiger partial charge in [0, 0.05) is 41.8 Å². The number of fused-ring (bicyclic) bond motifs is 1. The van der Waals surface area contributed by atoms with Crippen LogP contribution in [0.2, 0.25) is 0 Å². The lowest BCUT2D eigenvalue weighted by molar-refractivity contribution is -0.141. The fourth-order valence-corrected chi connectivity index (χ4v) is 4.13. The third-order valence-corrected chi connectivity index (χ3v) is 5.71. The topological polar surface area (TPSA) is 78.0 Å². The van der Waals surface area contributed by atoms with E-state index in [0.29, 0.717) is 16.3 Å². The average molecular weight is 418 g/mol. The number of thiazole rings is 1. The summed E-state index contributed by atoms with van der Waals surface area (Å²) in [5, 5.41) is 3.73. The van der Waals surface area contributed by atoms with Crippen molar-refractivity contribution in [2.45, 2.75) is 31.5 Å². The lowest BCUT2D eigenvalue weighted by Gasteiger charge is -2.06. The van der Waals surface area contributed by atoms with Gasteiger partial charge in [0.05, 0.1) is 17.1 Å². The van der Waals surface area contributed by atoms with Gasteiger partial charge in [-0.15, -0.1) is 0 Å². The van der Waals surface area contributed by atoms with Gasteiger partial charge in [0.15, 0.2) is 10.7 Å². The van der Waals surface area contributed by atoms with Gasteiger partial charge in [0.25, 0.3) is 5.56 Å². The highest BCUT2D eigenvalue weighted by Gasteiger charge is 2.37. The Morgan fingerprint density at radius 3 is 2.62 bits per heavy atom. The molecule has 1 aliphatic carbocycles. The second-order valence-electron chi connectivity index (χ2n) is 6.84. The SMILES string of the molecule is O=c1cc(Cn2nc(C(F)(F)F)cc2C2CC2)nc2sc(-c3cncnc3)cn12. The molecule has 0 bridgehead atoms. The van der Waals surface area contributed by atoms with E-state index in [9.17, 15) is 18.0 Å². The average Bonchev–Trinajstić information content (AvgIpc) is 3.27. The molecule has 148 valence electrons. The van der Waals surface area contributed by atoms with Gasteiger partial charge in [-0.3, -0.25) is 13.9 Å². The molecule has 4 aromatic rings. The van der Waals surface area contributed by atoms with Crippen molar-refractivity contribution in [1.82, 2.24) is 29.1 Å². The Labute approximate surface area is 165 Å². The lowest BCUT2D eigenvalue weighted by atomic mass is 10.2. The minimum absolute atomic E-state index is 0.00926. The van der Waals surface area contributed by atoms with Gasteiger partial charge in [-0.2, -0.15) is 18.3 Å². The first-order valence-corrected chi connectivity index (χ1v) is 9.62. The summed E-state index contributed by atoms with van der Waals surface area (Å²) in [4.78, 5) is 26.1. The molecule has 0 amide bonds. The molecule has 0 unspecified atom stereocenters. The van der Waals surface area contributed by atoms with Gasteiger partial charge in [0.1, 0.15) is 6.33 Å². The van der Waals surface area contributed by atoms with Crippen molar-refractivity contribution >= 4 is 16.3 Å². The number of hydrogen-bond acceptors (Lipinski definition) is 6. The molecule has 4 heterocycles. The van der Waals surface area contributed by atoms with Crippen LogP contribution in [0.3, 0.4) is 0 Å². The Morgan fingerprint density at radius 2 is 1.93 bits per heavy atom. The van der Waals surface area contributed by atoms with Gasteiger partial charge in [-0.25, -0.2) is 15.0 Å². The predicted octanol–water partition coefficient (Wildman–Crippen LogP) is 3.35. The van der Waals surface area contributed by atoms with Crippen molar-refractivity contribution < 1.29 is 13.2 Å². The molecule has 1 aliphatic rings. The molecule has 0 aromatic carbocycles. The smallest absolute Gasteiger partial charge is 0.269 e. The molecule has 11 heteroatoms. The molecule has 1 fully saturated rings. The molecule has 0 N–H and O–H groups in total. The van der Waals surface area contributed by atoms with Gasteiger partial charge >= 0.3 is 6.18 Å². The van der Waals surface area contributed by atoms with Crippen LogP contribution in [0, 0.1) is 0 Å². The maximum Gasteiger partial charge on any atom is 0.435 e. The summed E-state index contributed by atoms with van der Waals surface area (Å²) in [5.74, 6) is 0.0786. The molecule has 7 nitrogen and oxygen atoms in total. The predicted molar refractivity (Wildman–Crippen MR) is 98.7 cm³/mol. The molecular weight excluding hydrogens is 405 g/mol. The lowest BCUT2D eigenvalue weighted by Crippen LogP contribution is -2.16. The first-order chi connectivity index (χ1) is 13.9. The number of rotatable bonds is 4. The molecule has 0 spiro atoms. The number of halogens is 3. The maximum absolute atomic E-state index is 13.1. The largest absolute Gasteiger partial charge is 0.435 e. The van der Waals surface area contributed by atoms with E-state index in [0.717, 1.165) is 29.3 Å². The van der Waals surface area contributed by atoms with Crippen LogP contribution in [0.1, 0.15) is 35.8 Å². The van der Waals surface area contributed by atoms with Crippen LogP contribution in [0.25, 0.3) is 15.4 Å². The van der Waals surface area contributed by atoms with Gasteiger partial charge < -0.3 is 0 Å². The third kappa shape index (κ3) is 3.41. The molecule has 0 saturated heterocycles. The quantitative estimate of drug-likeness (QED) is 0.508. The molecule has 1 saturated carbocycles. The minimum atomic E-state index is -4.51. The van der Waals surface area contributed by atoms with Crippen molar-refractivity contribution in [2.24, 2.45) is 0 Å². The zero-order valence-electron chi connectivity index (χ0n) is 14.8. The Hall–Kier alpha value is -3.08. The van der Waals surface area contributed by atoms with E-state index in [1.807, 2.05) is 0 Å². The second-order valence-corrected chi connectivity index (χ2v) is 7.85. The standard InChI is InChI=1S/C18H13F3N6OS/c19-18(20,21)15-4-13(10-1-2-10)27(25-15)7-12-3-16(28)26-8-14(29-17(26)24-12)11-5-22-9-23-6-11/h3-6,8-10H,1-2,7H2. The Morgan fingerprint density at radius 1 is 1.17 bits per heavy atom. The molecule has 5 rings (SSSR count). The van der Waals surface area contributed by atoms with Crippen molar-refractivity contribution in [3.8, 4) is 10.4 Å². The van der Waals surface area contributed by atoms with E-state index in [1.54, 1.807) is 18.6 Å². The van der Waals surface area contributed by atoms with Crippen LogP contribution in [0.15, 0.2) is 41.8 Å². The van der Waals surface area contributed by atoms with Crippen molar-refractivity contribution in [1.29, 1.82) is 0 Å². The Balaban J connectivity index is 1.53. The maximum atomic E-state index is 13.1. The van der Waals surface area contributed by atoms with E-state index in [4.69, 9.17) is 0 Å². The Bertz CT molecular complexity index is 1260. The fraction of sp³-hybridized carbons (Fsp3) is 0.278. The normalized spacial score (nSPS) is 14.6. The van der Waals surface area contributed by atoms with Crippen LogP contribution in [-0.2, 0) is 12.7 Å². The van der Waals surface area contributed by atoms with E-state index in [1.165, 1.54) is 32.8 Å². The van der Waals surface area contributed by atoms with Crippen LogP contribution >= 0.6 is 11.3 Å². The number of aromatic nitrogens is 6. The molecule has 4 aromatic heterocycles. The summed E-state index contributed by atoms with van der Waals surface area (Å²) in [5.41, 5.74) is 0.432. The van der Waals surface area contributed by atoms with E-state index in [-0.39, 0.29) is 18.0 Å². The van der Waals surface area contributed by atoms with Gasteiger partial charge in [0.2, 0.25) is 0 Å². The van der Waals surface area contributed by atoms with Crippen LogP contribution in [0.4, 0.5) is 13.2 Å². The summed E-state index contributed by atoms with van der Waals surface area (Å²) in [6, 6.07) is 2.43. The van der Waals surface area contributed by atoms with Crippen LogP contribution in [-0.4, -0.2) is 29.1 Å². The number of hydrogen-bond donors (Lipinski definition) is 0. The highest BCUT2D eigenvalue weighted by atomic mass is 32.1. The summed E-state index contributed by atoms with van der Waals surface area (Å²) in [6.45, 7) is 0.00926. The van der Waals surface area contributed by atoms with Gasteiger partial charge in [-0.1, -0.05) is 11.3 Å². The summed E-state index contributed by atoms with van der Waals surface area (Å²) in [6.07, 6.45) is 3.50. The first-order valence-electron chi connectivity index (χ1n) is 8.81. The molecule has 0 radical (unpaired) electrons. The van der Waals surface area contributed by atoms with Crippen molar-refractivity contribution in [3.05, 3.63) is 64.5 Å². The van der Waals surface area contributed by atoms with Gasteiger partial charge in [-0.05, 0) is 18.9 Å². The first kappa shape index (κ1) is 18.0. The summed E-state index contributed by atoms with van der Waals surface area (Å²) in [7, 11) is 0. The molecule has 0 aliphatic heterocycles. The van der Waals surface area contributed by atoms with E-state index >= 15 is 0 Å². The highest BCUT2D eigenvalue weighted by molar-refractivity contribution is 7.20. The number of alkyl halides is 3. The fourth-order valence-electron chi connectivity index (χ4n) is 3.15. The zero-order chi connectivity index (χ0) is 20.2. The summed E-state index contributed by atoms with van der Waals surface area (Å²) >= 11 is 1.28. The zero-order valence-corrected chi connectivity index (χ0v) is 15.6. The third-order valence-electron chi connectivity index (χ3n) is 4.67. The van der Waals surface area contributed by atoms with E-state index in [2.05, 4.69) is 20.1 Å². The molecule has 29 heavy (non-hydrogen) atoms. The summed E-state index contributed by atoms with van der Waals surface area (Å²) < 4.78 is 42.0. The van der Waals surface area contributed by atoms with Crippen molar-refractivity contribution in [3.63, 3.8) is 0 Å². The van der Waals surface area contributed by atoms with Crippen molar-refractivity contribution in [2.75, 3.05) is 0 Å². The second kappa shape index (κ2) is 6.48. The van der Waals surface area contributed by atoms with Crippen LogP contribution in [0.5, 0.6) is 0 Å². The highest BCUT2D eigenvalue weighted by Crippen LogP contribution is 2.42. The molecular formula is C18H13F3N6OS. The minimum Gasteiger partial charge on any atom is -0.269 e. The monoisotopic (exact) mass is 418 g/mol. The van der Waals surface area contributed by atoms with E-state index < -0.39 is 11.9 Å².